The number of pyridine rings is 1. The van der Waals surface area contributed by atoms with Crippen LogP contribution in [-0.4, -0.2) is 25.1 Å². The van der Waals surface area contributed by atoms with Crippen molar-refractivity contribution < 1.29 is 18.7 Å². The zero-order valence-electron chi connectivity index (χ0n) is 17.8. The molecule has 0 radical (unpaired) electrons. The van der Waals surface area contributed by atoms with E-state index < -0.39 is 11.9 Å². The van der Waals surface area contributed by atoms with E-state index in [1.54, 1.807) is 49.7 Å². The molecule has 1 aliphatic rings. The van der Waals surface area contributed by atoms with E-state index >= 15 is 0 Å². The van der Waals surface area contributed by atoms with Crippen molar-refractivity contribution in [3.8, 4) is 11.5 Å². The van der Waals surface area contributed by atoms with Gasteiger partial charge in [0, 0.05) is 6.20 Å². The van der Waals surface area contributed by atoms with Gasteiger partial charge in [-0.15, -0.1) is 0 Å². The lowest BCUT2D eigenvalue weighted by Crippen LogP contribution is -2.30. The van der Waals surface area contributed by atoms with Crippen LogP contribution in [0, 0.1) is 6.92 Å². The molecule has 0 bridgehead atoms. The zero-order valence-corrected chi connectivity index (χ0v) is 17.8. The first-order chi connectivity index (χ1) is 15.5. The normalized spacial score (nSPS) is 15.2. The molecule has 0 unspecified atom stereocenters. The molecule has 1 amide bonds. The lowest BCUT2D eigenvalue weighted by molar-refractivity contribution is 0.0970. The Bertz CT molecular complexity index is 1430. The molecule has 160 valence electrons. The molecular weight excluding hydrogens is 408 g/mol. The van der Waals surface area contributed by atoms with Gasteiger partial charge in [0.1, 0.15) is 11.4 Å². The van der Waals surface area contributed by atoms with E-state index in [0.717, 1.165) is 5.56 Å². The summed E-state index contributed by atoms with van der Waals surface area (Å²) in [7, 11) is 3.09. The number of hydrogen-bond donors (Lipinski definition) is 0. The second kappa shape index (κ2) is 7.53. The van der Waals surface area contributed by atoms with E-state index in [1.165, 1.54) is 12.0 Å². The molecule has 0 spiro atoms. The molecule has 3 heterocycles. The predicted molar refractivity (Wildman–Crippen MR) is 120 cm³/mol. The molecule has 0 fully saturated rings. The summed E-state index contributed by atoms with van der Waals surface area (Å²) < 4.78 is 16.8. The van der Waals surface area contributed by atoms with Crippen LogP contribution in [0.2, 0.25) is 0 Å². The minimum absolute atomic E-state index is 0.0248. The smallest absolute Gasteiger partial charge is 0.296 e. The number of methoxy groups -OCH3 is 2. The fourth-order valence-corrected chi connectivity index (χ4v) is 4.15. The molecule has 32 heavy (non-hydrogen) atoms. The highest BCUT2D eigenvalue weighted by atomic mass is 16.5. The summed E-state index contributed by atoms with van der Waals surface area (Å²) in [4.78, 5) is 33.0. The van der Waals surface area contributed by atoms with Gasteiger partial charge in [0.05, 0.1) is 31.2 Å². The predicted octanol–water partition coefficient (Wildman–Crippen LogP) is 4.26. The standard InChI is InChI=1S/C25H20N2O5/c1-14-10-11-26-20(12-14)27-22(15-8-9-18(30-2)19(13-15)31-3)21-23(28)16-6-4-5-7-17(16)32-24(21)25(27)29/h4-13,22H,1-3H3/t22-/m1/s1. The van der Waals surface area contributed by atoms with Crippen molar-refractivity contribution in [3.63, 3.8) is 0 Å². The van der Waals surface area contributed by atoms with Crippen LogP contribution in [0.3, 0.4) is 0 Å². The average molecular weight is 428 g/mol. The molecule has 0 N–H and O–H groups in total. The molecule has 5 rings (SSSR count). The number of amides is 1. The third-order valence-corrected chi connectivity index (χ3v) is 5.65. The summed E-state index contributed by atoms with van der Waals surface area (Å²) in [5.74, 6) is 1.09. The van der Waals surface area contributed by atoms with Crippen LogP contribution in [0.15, 0.2) is 70.0 Å². The van der Waals surface area contributed by atoms with Gasteiger partial charge in [-0.1, -0.05) is 18.2 Å². The maximum absolute atomic E-state index is 13.6. The Morgan fingerprint density at radius 3 is 2.50 bits per heavy atom. The van der Waals surface area contributed by atoms with E-state index in [0.29, 0.717) is 33.8 Å². The number of ether oxygens (including phenoxy) is 2. The zero-order chi connectivity index (χ0) is 22.4. The van der Waals surface area contributed by atoms with Crippen molar-refractivity contribution in [2.75, 3.05) is 19.1 Å². The number of aromatic nitrogens is 1. The summed E-state index contributed by atoms with van der Waals surface area (Å²) in [5.41, 5.74) is 2.03. The van der Waals surface area contributed by atoms with Crippen LogP contribution >= 0.6 is 0 Å². The average Bonchev–Trinajstić information content (AvgIpc) is 3.11. The van der Waals surface area contributed by atoms with Crippen molar-refractivity contribution in [3.05, 3.63) is 93.5 Å². The maximum atomic E-state index is 13.6. The van der Waals surface area contributed by atoms with E-state index in [-0.39, 0.29) is 16.8 Å². The second-order valence-electron chi connectivity index (χ2n) is 7.55. The van der Waals surface area contributed by atoms with Gasteiger partial charge in [-0.3, -0.25) is 14.5 Å². The lowest BCUT2D eigenvalue weighted by atomic mass is 9.98. The molecule has 1 atom stereocenters. The number of carbonyl (C=O) groups excluding carboxylic acids is 1. The third kappa shape index (κ3) is 2.93. The van der Waals surface area contributed by atoms with Crippen LogP contribution < -0.4 is 19.8 Å². The quantitative estimate of drug-likeness (QED) is 0.483. The van der Waals surface area contributed by atoms with Crippen LogP contribution in [0.5, 0.6) is 11.5 Å². The van der Waals surface area contributed by atoms with E-state index in [4.69, 9.17) is 13.9 Å². The van der Waals surface area contributed by atoms with Crippen LogP contribution in [-0.2, 0) is 0 Å². The summed E-state index contributed by atoms with van der Waals surface area (Å²) in [6.07, 6.45) is 1.64. The maximum Gasteiger partial charge on any atom is 0.296 e. The first-order valence-electron chi connectivity index (χ1n) is 10.1. The molecule has 0 saturated heterocycles. The van der Waals surface area contributed by atoms with Gasteiger partial charge in [-0.2, -0.15) is 0 Å². The lowest BCUT2D eigenvalue weighted by Gasteiger charge is -2.25. The van der Waals surface area contributed by atoms with Gasteiger partial charge in [0.25, 0.3) is 5.91 Å². The summed E-state index contributed by atoms with van der Waals surface area (Å²) in [6, 6.07) is 15.2. The van der Waals surface area contributed by atoms with Gasteiger partial charge in [-0.25, -0.2) is 4.98 Å². The first kappa shape index (κ1) is 19.8. The molecule has 7 heteroatoms. The highest BCUT2D eigenvalue weighted by molar-refractivity contribution is 6.10. The number of benzene rings is 2. The Kier molecular flexibility index (Phi) is 4.66. The number of fused-ring (bicyclic) bond motifs is 2. The van der Waals surface area contributed by atoms with Crippen molar-refractivity contribution in [1.82, 2.24) is 4.98 Å². The SMILES string of the molecule is COc1ccc([C@@H]2c3c(oc4ccccc4c3=O)C(=O)N2c2cc(C)ccn2)cc1OC. The molecule has 0 saturated carbocycles. The Hall–Kier alpha value is -4.13. The second-order valence-corrected chi connectivity index (χ2v) is 7.55. The highest BCUT2D eigenvalue weighted by Gasteiger charge is 2.44. The Morgan fingerprint density at radius 1 is 0.969 bits per heavy atom. The van der Waals surface area contributed by atoms with Gasteiger partial charge in [0.15, 0.2) is 16.9 Å². The van der Waals surface area contributed by atoms with E-state index in [2.05, 4.69) is 4.98 Å². The summed E-state index contributed by atoms with van der Waals surface area (Å²) in [5, 5.41) is 0.420. The Labute approximate surface area is 183 Å². The monoisotopic (exact) mass is 428 g/mol. The fraction of sp³-hybridized carbons (Fsp3) is 0.160. The van der Waals surface area contributed by atoms with Crippen LogP contribution in [0.1, 0.15) is 33.3 Å². The van der Waals surface area contributed by atoms with Crippen LogP contribution in [0.25, 0.3) is 11.0 Å². The number of rotatable bonds is 4. The van der Waals surface area contributed by atoms with Crippen LogP contribution in [0.4, 0.5) is 5.82 Å². The van der Waals surface area contributed by atoms with Gasteiger partial charge in [0.2, 0.25) is 5.76 Å². The Morgan fingerprint density at radius 2 is 1.75 bits per heavy atom. The van der Waals surface area contributed by atoms with Crippen molar-refractivity contribution in [2.24, 2.45) is 0 Å². The van der Waals surface area contributed by atoms with Gasteiger partial charge in [-0.05, 0) is 54.4 Å². The molecule has 1 aliphatic heterocycles. The minimum Gasteiger partial charge on any atom is -0.493 e. The van der Waals surface area contributed by atoms with Gasteiger partial charge >= 0.3 is 0 Å². The molecule has 2 aromatic heterocycles. The Balaban J connectivity index is 1.81. The topological polar surface area (TPSA) is 81.9 Å². The van der Waals surface area contributed by atoms with Gasteiger partial charge < -0.3 is 13.9 Å². The summed E-state index contributed by atoms with van der Waals surface area (Å²) in [6.45, 7) is 1.92. The molecule has 2 aromatic carbocycles. The molecule has 7 nitrogen and oxygen atoms in total. The number of aryl methyl sites for hydroxylation is 1. The van der Waals surface area contributed by atoms with E-state index in [1.807, 2.05) is 25.1 Å². The van der Waals surface area contributed by atoms with Crippen molar-refractivity contribution in [2.45, 2.75) is 13.0 Å². The summed E-state index contributed by atoms with van der Waals surface area (Å²) >= 11 is 0. The number of anilines is 1. The van der Waals surface area contributed by atoms with Crippen molar-refractivity contribution >= 4 is 22.7 Å². The fourth-order valence-electron chi connectivity index (χ4n) is 4.15. The number of carbonyl (C=O) groups is 1. The first-order valence-corrected chi connectivity index (χ1v) is 10.1. The van der Waals surface area contributed by atoms with E-state index in [9.17, 15) is 9.59 Å². The number of para-hydroxylation sites is 1. The highest BCUT2D eigenvalue weighted by Crippen LogP contribution is 2.42. The number of nitrogens with zero attached hydrogens (tertiary/aromatic N) is 2. The van der Waals surface area contributed by atoms with Crippen molar-refractivity contribution in [1.29, 1.82) is 0 Å². The molecule has 4 aromatic rings. The molecular formula is C25H20N2O5. The molecule has 0 aliphatic carbocycles. The third-order valence-electron chi connectivity index (χ3n) is 5.65. The largest absolute Gasteiger partial charge is 0.493 e. The minimum atomic E-state index is -0.729. The number of hydrogen-bond acceptors (Lipinski definition) is 6.